The van der Waals surface area contributed by atoms with Crippen LogP contribution in [-0.4, -0.2) is 15.3 Å². The summed E-state index contributed by atoms with van der Waals surface area (Å²) < 4.78 is 0. The summed E-state index contributed by atoms with van der Waals surface area (Å²) in [6, 6.07) is 0. The molecule has 1 heterocycles. The molecule has 2 N–H and O–H groups in total. The van der Waals surface area contributed by atoms with Gasteiger partial charge in [0.25, 0.3) is 0 Å². The van der Waals surface area contributed by atoms with Crippen LogP contribution in [0.15, 0.2) is 0 Å². The monoisotopic (exact) mass is 125 g/mol. The summed E-state index contributed by atoms with van der Waals surface area (Å²) in [6.07, 6.45) is 2.40. The summed E-state index contributed by atoms with van der Waals surface area (Å²) in [5.41, 5.74) is 0.745. The van der Waals surface area contributed by atoms with Crippen LogP contribution in [0.5, 0.6) is 5.75 Å². The summed E-state index contributed by atoms with van der Waals surface area (Å²) in [5.74, 6) is 0.411. The maximum absolute atomic E-state index is 8.97. The molecular weight excluding hydrogens is 116 g/mol. The fourth-order valence-electron chi connectivity index (χ4n) is 0.657. The fraction of sp³-hybridized carbons (Fsp3) is 0.500. The number of rotatable bonds is 1. The molecule has 0 bridgehead atoms. The lowest BCUT2D eigenvalue weighted by Crippen LogP contribution is -1.86. The van der Waals surface area contributed by atoms with Gasteiger partial charge in [-0.25, -0.2) is 0 Å². The van der Waals surface area contributed by atoms with Crippen LogP contribution in [0.1, 0.15) is 25.5 Å². The van der Waals surface area contributed by atoms with Gasteiger partial charge in [0, 0.05) is 0 Å². The van der Waals surface area contributed by atoms with Crippen molar-refractivity contribution in [1.82, 2.24) is 10.2 Å². The number of nitrogens with one attached hydrogen (secondary N) is 1. The van der Waals surface area contributed by atoms with Crippen LogP contribution in [0.25, 0.3) is 0 Å². The SMILES string of the molecule is CC(C)c1[nH]n[c]c1O. The first-order valence-electron chi connectivity index (χ1n) is 2.86. The summed E-state index contributed by atoms with van der Waals surface area (Å²) in [4.78, 5) is 0. The van der Waals surface area contributed by atoms with Crippen molar-refractivity contribution in [1.29, 1.82) is 0 Å². The van der Waals surface area contributed by atoms with Crippen molar-refractivity contribution < 1.29 is 5.11 Å². The lowest BCUT2D eigenvalue weighted by molar-refractivity contribution is 0.464. The highest BCUT2D eigenvalue weighted by atomic mass is 16.3. The Bertz CT molecular complexity index is 193. The van der Waals surface area contributed by atoms with E-state index >= 15 is 0 Å². The average molecular weight is 125 g/mol. The summed E-state index contributed by atoms with van der Waals surface area (Å²) in [7, 11) is 0. The van der Waals surface area contributed by atoms with Crippen LogP contribution in [-0.2, 0) is 0 Å². The lowest BCUT2D eigenvalue weighted by Gasteiger charge is -1.98. The third-order valence-electron chi connectivity index (χ3n) is 1.17. The Morgan fingerprint density at radius 1 is 1.67 bits per heavy atom. The molecule has 0 fully saturated rings. The second kappa shape index (κ2) is 2.09. The molecule has 0 aliphatic carbocycles. The predicted octanol–water partition coefficient (Wildman–Crippen LogP) is 1.04. The van der Waals surface area contributed by atoms with Gasteiger partial charge < -0.3 is 5.11 Å². The topological polar surface area (TPSA) is 48.9 Å². The van der Waals surface area contributed by atoms with Gasteiger partial charge in [-0.3, -0.25) is 5.10 Å². The molecule has 0 unspecified atom stereocenters. The molecule has 0 amide bonds. The van der Waals surface area contributed by atoms with Gasteiger partial charge in [-0.15, -0.1) is 0 Å². The predicted molar refractivity (Wildman–Crippen MR) is 33.2 cm³/mol. The molecule has 1 rings (SSSR count). The van der Waals surface area contributed by atoms with Crippen molar-refractivity contribution in [2.24, 2.45) is 0 Å². The number of hydrogen-bond donors (Lipinski definition) is 2. The number of nitrogens with zero attached hydrogens (tertiary/aromatic N) is 1. The first-order valence-corrected chi connectivity index (χ1v) is 2.86. The molecule has 1 radical (unpaired) electrons. The van der Waals surface area contributed by atoms with Gasteiger partial charge in [-0.1, -0.05) is 13.8 Å². The largest absolute Gasteiger partial charge is 0.504 e. The van der Waals surface area contributed by atoms with Crippen LogP contribution in [0, 0.1) is 6.20 Å². The third-order valence-corrected chi connectivity index (χ3v) is 1.17. The summed E-state index contributed by atoms with van der Waals surface area (Å²) in [5, 5.41) is 15.2. The Kier molecular flexibility index (Phi) is 1.42. The standard InChI is InChI=1S/C6H9N2O/c1-4(2)6-5(9)3-7-8-6/h4,9H,1-2H3,(H,7,8). The first-order chi connectivity index (χ1) is 4.22. The minimum Gasteiger partial charge on any atom is -0.504 e. The van der Waals surface area contributed by atoms with Gasteiger partial charge >= 0.3 is 0 Å². The van der Waals surface area contributed by atoms with Crippen molar-refractivity contribution in [3.63, 3.8) is 0 Å². The second-order valence-corrected chi connectivity index (χ2v) is 2.25. The Hall–Kier alpha value is -0.990. The van der Waals surface area contributed by atoms with Crippen LogP contribution < -0.4 is 0 Å². The van der Waals surface area contributed by atoms with Gasteiger partial charge in [0.1, 0.15) is 0 Å². The normalized spacial score (nSPS) is 10.6. The molecule has 0 aromatic carbocycles. The number of H-pyrrole nitrogens is 1. The molecule has 0 aliphatic heterocycles. The quantitative estimate of drug-likeness (QED) is 0.589. The average Bonchev–Trinajstić information content (AvgIpc) is 2.13. The zero-order valence-electron chi connectivity index (χ0n) is 5.47. The van der Waals surface area contributed by atoms with E-state index in [0.29, 0.717) is 0 Å². The Balaban J connectivity index is 2.94. The van der Waals surface area contributed by atoms with E-state index in [1.807, 2.05) is 13.8 Å². The number of aromatic hydroxyl groups is 1. The van der Waals surface area contributed by atoms with Gasteiger partial charge in [0.05, 0.1) is 5.69 Å². The van der Waals surface area contributed by atoms with Crippen LogP contribution >= 0.6 is 0 Å². The molecule has 0 aliphatic rings. The van der Waals surface area contributed by atoms with Crippen molar-refractivity contribution in [3.05, 3.63) is 11.9 Å². The molecule has 9 heavy (non-hydrogen) atoms. The highest BCUT2D eigenvalue weighted by molar-refractivity contribution is 5.22. The Morgan fingerprint density at radius 2 is 2.33 bits per heavy atom. The van der Waals surface area contributed by atoms with E-state index in [9.17, 15) is 0 Å². The van der Waals surface area contributed by atoms with Gasteiger partial charge in [0.15, 0.2) is 11.9 Å². The molecule has 0 spiro atoms. The van der Waals surface area contributed by atoms with Gasteiger partial charge in [-0.2, -0.15) is 5.10 Å². The van der Waals surface area contributed by atoms with Crippen molar-refractivity contribution >= 4 is 0 Å². The summed E-state index contributed by atoms with van der Waals surface area (Å²) >= 11 is 0. The lowest BCUT2D eigenvalue weighted by atomic mass is 10.1. The summed E-state index contributed by atoms with van der Waals surface area (Å²) in [6.45, 7) is 3.95. The molecule has 0 saturated heterocycles. The maximum atomic E-state index is 8.97. The Labute approximate surface area is 53.7 Å². The highest BCUT2D eigenvalue weighted by Gasteiger charge is 2.06. The molecule has 1 aromatic rings. The molecule has 1 aromatic heterocycles. The third kappa shape index (κ3) is 1.04. The van der Waals surface area contributed by atoms with E-state index in [2.05, 4.69) is 16.4 Å². The van der Waals surface area contributed by atoms with E-state index in [1.165, 1.54) is 0 Å². The molecular formula is C6H9N2O. The number of aromatic nitrogens is 2. The second-order valence-electron chi connectivity index (χ2n) is 2.25. The highest BCUT2D eigenvalue weighted by Crippen LogP contribution is 2.20. The van der Waals surface area contributed by atoms with E-state index in [1.54, 1.807) is 0 Å². The van der Waals surface area contributed by atoms with Gasteiger partial charge in [0.2, 0.25) is 0 Å². The van der Waals surface area contributed by atoms with Gasteiger partial charge in [-0.05, 0) is 5.92 Å². The van der Waals surface area contributed by atoms with E-state index in [-0.39, 0.29) is 11.7 Å². The van der Waals surface area contributed by atoms with Crippen molar-refractivity contribution in [3.8, 4) is 5.75 Å². The van der Waals surface area contributed by atoms with E-state index in [4.69, 9.17) is 5.11 Å². The fourth-order valence-corrected chi connectivity index (χ4v) is 0.657. The first kappa shape index (κ1) is 6.13. The molecule has 3 nitrogen and oxygen atoms in total. The molecule has 49 valence electrons. The molecule has 3 heteroatoms. The van der Waals surface area contributed by atoms with E-state index < -0.39 is 0 Å². The minimum atomic E-state index is 0.130. The molecule has 0 atom stereocenters. The Morgan fingerprint density at radius 3 is 2.56 bits per heavy atom. The van der Waals surface area contributed by atoms with Crippen LogP contribution in [0.4, 0.5) is 0 Å². The minimum absolute atomic E-state index is 0.130. The van der Waals surface area contributed by atoms with Crippen molar-refractivity contribution in [2.75, 3.05) is 0 Å². The van der Waals surface area contributed by atoms with Crippen LogP contribution in [0.2, 0.25) is 0 Å². The zero-order chi connectivity index (χ0) is 6.85. The smallest absolute Gasteiger partial charge is 0.166 e. The number of aromatic amines is 1. The van der Waals surface area contributed by atoms with Crippen LogP contribution in [0.3, 0.4) is 0 Å². The maximum Gasteiger partial charge on any atom is 0.166 e. The van der Waals surface area contributed by atoms with E-state index in [0.717, 1.165) is 5.69 Å². The number of hydrogen-bond acceptors (Lipinski definition) is 2. The van der Waals surface area contributed by atoms with Crippen molar-refractivity contribution in [2.45, 2.75) is 19.8 Å². The zero-order valence-corrected chi connectivity index (χ0v) is 5.47. The molecule has 0 saturated carbocycles.